The maximum atomic E-state index is 11.9. The largest absolute Gasteiger partial charge is 0.328 e. The zero-order valence-electron chi connectivity index (χ0n) is 11.0. The minimum absolute atomic E-state index is 0.107. The van der Waals surface area contributed by atoms with Crippen molar-refractivity contribution in [2.75, 3.05) is 0 Å². The van der Waals surface area contributed by atoms with E-state index in [0.717, 1.165) is 25.0 Å². The summed E-state index contributed by atoms with van der Waals surface area (Å²) in [6.07, 6.45) is 5.24. The van der Waals surface area contributed by atoms with Crippen molar-refractivity contribution in [3.05, 3.63) is 18.0 Å². The molecule has 1 heterocycles. The smallest absolute Gasteiger partial charge is 0.141 e. The van der Waals surface area contributed by atoms with Gasteiger partial charge in [0.05, 0.1) is 12.1 Å². The zero-order valence-corrected chi connectivity index (χ0v) is 11.0. The molecule has 0 aromatic carbocycles. The van der Waals surface area contributed by atoms with Crippen molar-refractivity contribution in [3.63, 3.8) is 0 Å². The van der Waals surface area contributed by atoms with Gasteiger partial charge in [-0.15, -0.1) is 0 Å². The highest BCUT2D eigenvalue weighted by Gasteiger charge is 2.14. The Morgan fingerprint density at radius 3 is 2.71 bits per heavy atom. The van der Waals surface area contributed by atoms with Crippen molar-refractivity contribution >= 4 is 5.78 Å². The van der Waals surface area contributed by atoms with E-state index in [4.69, 9.17) is 5.73 Å². The van der Waals surface area contributed by atoms with Crippen LogP contribution in [0.4, 0.5) is 0 Å². The van der Waals surface area contributed by atoms with Crippen molar-refractivity contribution in [3.8, 4) is 0 Å². The summed E-state index contributed by atoms with van der Waals surface area (Å²) in [5, 5.41) is 4.22. The fraction of sp³-hybridized carbons (Fsp3) is 0.692. The van der Waals surface area contributed by atoms with Crippen LogP contribution < -0.4 is 5.73 Å². The number of rotatable bonds is 7. The summed E-state index contributed by atoms with van der Waals surface area (Å²) in [5.74, 6) is 0.379. The van der Waals surface area contributed by atoms with E-state index in [2.05, 4.69) is 5.10 Å². The van der Waals surface area contributed by atoms with Gasteiger partial charge in [0.1, 0.15) is 5.78 Å². The fourth-order valence-corrected chi connectivity index (χ4v) is 1.82. The molecule has 96 valence electrons. The average molecular weight is 237 g/mol. The SMILES string of the molecule is CC(N)CCCC(C)C(=O)Cc1ccn(C)n1. The first-order valence-electron chi connectivity index (χ1n) is 6.26. The van der Waals surface area contributed by atoms with Crippen molar-refractivity contribution < 1.29 is 4.79 Å². The van der Waals surface area contributed by atoms with Gasteiger partial charge in [0, 0.05) is 25.2 Å². The number of nitrogens with two attached hydrogens (primary N) is 1. The molecule has 2 unspecified atom stereocenters. The van der Waals surface area contributed by atoms with Gasteiger partial charge in [-0.3, -0.25) is 9.48 Å². The molecule has 1 aromatic heterocycles. The number of carbonyl (C=O) groups is 1. The van der Waals surface area contributed by atoms with E-state index >= 15 is 0 Å². The molecule has 0 aliphatic rings. The molecule has 0 amide bonds. The maximum Gasteiger partial charge on any atom is 0.141 e. The molecular formula is C13H23N3O. The Morgan fingerprint density at radius 2 is 2.18 bits per heavy atom. The first-order valence-corrected chi connectivity index (χ1v) is 6.26. The molecule has 0 aliphatic carbocycles. The molecule has 2 atom stereocenters. The molecule has 2 N–H and O–H groups in total. The third-order valence-electron chi connectivity index (χ3n) is 2.97. The lowest BCUT2D eigenvalue weighted by Gasteiger charge is -2.10. The lowest BCUT2D eigenvalue weighted by molar-refractivity contribution is -0.122. The number of hydrogen-bond acceptors (Lipinski definition) is 3. The third-order valence-corrected chi connectivity index (χ3v) is 2.97. The number of carbonyl (C=O) groups excluding carboxylic acids is 1. The lowest BCUT2D eigenvalue weighted by atomic mass is 9.95. The first-order chi connectivity index (χ1) is 7.99. The average Bonchev–Trinajstić information content (AvgIpc) is 2.63. The second-order valence-electron chi connectivity index (χ2n) is 4.93. The number of aromatic nitrogens is 2. The minimum atomic E-state index is 0.107. The molecule has 17 heavy (non-hydrogen) atoms. The Balaban J connectivity index is 2.32. The van der Waals surface area contributed by atoms with Gasteiger partial charge in [-0.05, 0) is 25.8 Å². The molecule has 0 spiro atoms. The van der Waals surface area contributed by atoms with Gasteiger partial charge in [0.25, 0.3) is 0 Å². The highest BCUT2D eigenvalue weighted by atomic mass is 16.1. The Morgan fingerprint density at radius 1 is 1.47 bits per heavy atom. The molecule has 0 fully saturated rings. The molecule has 0 radical (unpaired) electrons. The molecule has 4 heteroatoms. The fourth-order valence-electron chi connectivity index (χ4n) is 1.82. The van der Waals surface area contributed by atoms with E-state index in [1.165, 1.54) is 0 Å². The third kappa shape index (κ3) is 5.13. The second-order valence-corrected chi connectivity index (χ2v) is 4.93. The topological polar surface area (TPSA) is 60.9 Å². The standard InChI is InChI=1S/C13H23N3O/c1-10(5-4-6-11(2)14)13(17)9-12-7-8-16(3)15-12/h7-8,10-11H,4-6,9,14H2,1-3H3. The van der Waals surface area contributed by atoms with Crippen molar-refractivity contribution in [1.29, 1.82) is 0 Å². The van der Waals surface area contributed by atoms with Crippen LogP contribution in [0.1, 0.15) is 38.8 Å². The van der Waals surface area contributed by atoms with Gasteiger partial charge in [0.2, 0.25) is 0 Å². The van der Waals surface area contributed by atoms with Crippen molar-refractivity contribution in [2.24, 2.45) is 18.7 Å². The molecule has 1 rings (SSSR count). The Hall–Kier alpha value is -1.16. The summed E-state index contributed by atoms with van der Waals surface area (Å²) in [6, 6.07) is 2.13. The normalized spacial score (nSPS) is 14.6. The summed E-state index contributed by atoms with van der Waals surface area (Å²) < 4.78 is 1.73. The predicted octanol–water partition coefficient (Wildman–Crippen LogP) is 1.69. The van der Waals surface area contributed by atoms with Gasteiger partial charge < -0.3 is 5.73 Å². The van der Waals surface area contributed by atoms with Crippen LogP contribution in [0, 0.1) is 5.92 Å². The molecule has 0 saturated heterocycles. The van der Waals surface area contributed by atoms with Crippen LogP contribution in [0.5, 0.6) is 0 Å². The maximum absolute atomic E-state index is 11.9. The molecular weight excluding hydrogens is 214 g/mol. The van der Waals surface area contributed by atoms with Gasteiger partial charge in [0.15, 0.2) is 0 Å². The van der Waals surface area contributed by atoms with Crippen LogP contribution in [0.15, 0.2) is 12.3 Å². The van der Waals surface area contributed by atoms with Crippen LogP contribution in [-0.4, -0.2) is 21.6 Å². The first kappa shape index (κ1) is 13.9. The van der Waals surface area contributed by atoms with Gasteiger partial charge in [-0.1, -0.05) is 13.3 Å². The summed E-state index contributed by atoms with van der Waals surface area (Å²) in [5.41, 5.74) is 6.54. The number of ketones is 1. The van der Waals surface area contributed by atoms with Gasteiger partial charge in [-0.25, -0.2) is 0 Å². The highest BCUT2D eigenvalue weighted by Crippen LogP contribution is 2.12. The number of aryl methyl sites for hydroxylation is 1. The van der Waals surface area contributed by atoms with Crippen LogP contribution in [0.2, 0.25) is 0 Å². The van der Waals surface area contributed by atoms with E-state index in [1.54, 1.807) is 4.68 Å². The van der Waals surface area contributed by atoms with Crippen molar-refractivity contribution in [2.45, 2.75) is 45.6 Å². The highest BCUT2D eigenvalue weighted by molar-refractivity contribution is 5.82. The van der Waals surface area contributed by atoms with Gasteiger partial charge in [-0.2, -0.15) is 5.10 Å². The van der Waals surface area contributed by atoms with E-state index in [0.29, 0.717) is 6.42 Å². The second kappa shape index (κ2) is 6.55. The van der Waals surface area contributed by atoms with Gasteiger partial charge >= 0.3 is 0 Å². The van der Waals surface area contributed by atoms with Crippen LogP contribution in [0.25, 0.3) is 0 Å². The molecule has 0 saturated carbocycles. The quantitative estimate of drug-likeness (QED) is 0.785. The predicted molar refractivity (Wildman–Crippen MR) is 68.6 cm³/mol. The number of Topliss-reactive ketones (excluding diaryl/α,β-unsaturated/α-hetero) is 1. The summed E-state index contributed by atoms with van der Waals surface area (Å²) in [4.78, 5) is 11.9. The summed E-state index contributed by atoms with van der Waals surface area (Å²) in [6.45, 7) is 3.99. The lowest BCUT2D eigenvalue weighted by Crippen LogP contribution is -2.17. The Bertz CT molecular complexity index is 357. The molecule has 0 aliphatic heterocycles. The summed E-state index contributed by atoms with van der Waals surface area (Å²) >= 11 is 0. The van der Waals surface area contributed by atoms with Crippen LogP contribution >= 0.6 is 0 Å². The number of hydrogen-bond donors (Lipinski definition) is 1. The monoisotopic (exact) mass is 237 g/mol. The van der Waals surface area contributed by atoms with Crippen LogP contribution in [-0.2, 0) is 18.3 Å². The Labute approximate surface area is 103 Å². The summed E-state index contributed by atoms with van der Waals surface area (Å²) in [7, 11) is 1.86. The van der Waals surface area contributed by atoms with E-state index in [9.17, 15) is 4.79 Å². The Kier molecular flexibility index (Phi) is 5.35. The van der Waals surface area contributed by atoms with E-state index < -0.39 is 0 Å². The zero-order chi connectivity index (χ0) is 12.8. The molecule has 1 aromatic rings. The minimum Gasteiger partial charge on any atom is -0.328 e. The van der Waals surface area contributed by atoms with Crippen LogP contribution in [0.3, 0.4) is 0 Å². The van der Waals surface area contributed by atoms with Crippen molar-refractivity contribution in [1.82, 2.24) is 9.78 Å². The number of nitrogens with zero attached hydrogens (tertiary/aromatic N) is 2. The molecule has 4 nitrogen and oxygen atoms in total. The van der Waals surface area contributed by atoms with E-state index in [-0.39, 0.29) is 17.7 Å². The molecule has 0 bridgehead atoms. The van der Waals surface area contributed by atoms with E-state index in [1.807, 2.05) is 33.2 Å².